The predicted octanol–water partition coefficient (Wildman–Crippen LogP) is 6.58. The standard InChI is InChI=1S/C32H31FNSi/c1-22-18-31(33)30(24-12-8-6-9-13-24)21-29(22)32-28-17-16-27(20-25(28)19-23(2)34(32)3)35(4,5)26-14-10-7-11-15-26/h6-21H,1-5H3/q+1/i19D. The summed E-state index contributed by atoms with van der Waals surface area (Å²) in [6.45, 7) is 8.68. The van der Waals surface area contributed by atoms with Crippen molar-refractivity contribution < 1.29 is 10.3 Å². The second kappa shape index (κ2) is 8.90. The highest BCUT2D eigenvalue weighted by Crippen LogP contribution is 2.34. The van der Waals surface area contributed by atoms with E-state index < -0.39 is 8.07 Å². The Labute approximate surface area is 209 Å². The third-order valence-electron chi connectivity index (χ3n) is 7.30. The lowest BCUT2D eigenvalue weighted by Gasteiger charge is -2.24. The fourth-order valence-corrected chi connectivity index (χ4v) is 7.35. The highest BCUT2D eigenvalue weighted by atomic mass is 28.3. The molecule has 0 N–H and O–H groups in total. The van der Waals surface area contributed by atoms with Crippen LogP contribution in [0.5, 0.6) is 0 Å². The van der Waals surface area contributed by atoms with Crippen LogP contribution in [0.1, 0.15) is 12.6 Å². The molecule has 4 aromatic carbocycles. The highest BCUT2D eigenvalue weighted by molar-refractivity contribution is 7.00. The Morgan fingerprint density at radius 1 is 0.771 bits per heavy atom. The van der Waals surface area contributed by atoms with Crippen molar-refractivity contribution in [2.45, 2.75) is 26.9 Å². The zero-order chi connectivity index (χ0) is 25.6. The first-order valence-corrected chi connectivity index (χ1v) is 15.0. The monoisotopic (exact) mass is 477 g/mol. The summed E-state index contributed by atoms with van der Waals surface area (Å²) in [5.74, 6) is -0.221. The number of benzene rings is 4. The van der Waals surface area contributed by atoms with Gasteiger partial charge in [-0.15, -0.1) is 0 Å². The molecule has 3 heteroatoms. The molecule has 0 spiro atoms. The lowest BCUT2D eigenvalue weighted by molar-refractivity contribution is -0.665. The van der Waals surface area contributed by atoms with Gasteiger partial charge in [0.2, 0.25) is 5.69 Å². The van der Waals surface area contributed by atoms with Crippen molar-refractivity contribution in [1.82, 2.24) is 0 Å². The molecule has 1 heterocycles. The minimum atomic E-state index is -1.93. The van der Waals surface area contributed by atoms with Gasteiger partial charge in [-0.1, -0.05) is 96.3 Å². The zero-order valence-electron chi connectivity index (χ0n) is 22.0. The fraction of sp³-hybridized carbons (Fsp3) is 0.156. The third kappa shape index (κ3) is 4.10. The molecule has 5 rings (SSSR count). The first-order valence-electron chi connectivity index (χ1n) is 12.5. The van der Waals surface area contributed by atoms with Crippen LogP contribution in [0.25, 0.3) is 33.2 Å². The normalized spacial score (nSPS) is 12.1. The topological polar surface area (TPSA) is 3.88 Å². The average Bonchev–Trinajstić information content (AvgIpc) is 2.89. The molecule has 35 heavy (non-hydrogen) atoms. The van der Waals surface area contributed by atoms with E-state index in [1.54, 1.807) is 6.07 Å². The molecular weight excluding hydrogens is 445 g/mol. The van der Waals surface area contributed by atoms with Crippen molar-refractivity contribution in [3.05, 3.63) is 114 Å². The predicted molar refractivity (Wildman–Crippen MR) is 149 cm³/mol. The summed E-state index contributed by atoms with van der Waals surface area (Å²) in [5, 5.41) is 4.63. The molecule has 0 saturated carbocycles. The maximum atomic E-state index is 15.1. The van der Waals surface area contributed by atoms with Crippen LogP contribution >= 0.6 is 0 Å². The third-order valence-corrected chi connectivity index (χ3v) is 10.8. The van der Waals surface area contributed by atoms with Crippen LogP contribution in [-0.4, -0.2) is 8.07 Å². The molecule has 0 amide bonds. The van der Waals surface area contributed by atoms with E-state index in [9.17, 15) is 0 Å². The number of aromatic nitrogens is 1. The van der Waals surface area contributed by atoms with Gasteiger partial charge in [0.05, 0.1) is 12.3 Å². The van der Waals surface area contributed by atoms with E-state index >= 15 is 4.39 Å². The van der Waals surface area contributed by atoms with Crippen molar-refractivity contribution in [2.24, 2.45) is 7.05 Å². The lowest BCUT2D eigenvalue weighted by atomic mass is 9.94. The molecule has 0 bridgehead atoms. The SMILES string of the molecule is [2H]c1c(C)[n+](C)c(-c2cc(-c3ccccc3)c(F)cc2C)c2ccc([Si](C)(C)c3ccccc3)cc12. The van der Waals surface area contributed by atoms with Gasteiger partial charge in [0.15, 0.2) is 5.69 Å². The number of pyridine rings is 1. The molecule has 0 aliphatic heterocycles. The summed E-state index contributed by atoms with van der Waals surface area (Å²) >= 11 is 0. The van der Waals surface area contributed by atoms with E-state index in [-0.39, 0.29) is 5.82 Å². The molecule has 0 saturated heterocycles. The van der Waals surface area contributed by atoms with Gasteiger partial charge in [-0.2, -0.15) is 4.57 Å². The van der Waals surface area contributed by atoms with E-state index in [0.717, 1.165) is 38.9 Å². The van der Waals surface area contributed by atoms with E-state index in [1.807, 2.05) is 57.3 Å². The molecule has 174 valence electrons. The van der Waals surface area contributed by atoms with Crippen molar-refractivity contribution in [3.63, 3.8) is 0 Å². The van der Waals surface area contributed by atoms with Crippen LogP contribution in [0, 0.1) is 19.7 Å². The maximum absolute atomic E-state index is 15.1. The first-order chi connectivity index (χ1) is 17.2. The van der Waals surface area contributed by atoms with E-state index in [0.29, 0.717) is 11.6 Å². The van der Waals surface area contributed by atoms with Gasteiger partial charge in [0.25, 0.3) is 0 Å². The average molecular weight is 478 g/mol. The molecule has 0 aliphatic rings. The minimum Gasteiger partial charge on any atom is -0.206 e. The fourth-order valence-electron chi connectivity index (χ4n) is 4.98. The number of fused-ring (bicyclic) bond motifs is 1. The number of halogens is 1. The van der Waals surface area contributed by atoms with Gasteiger partial charge in [-0.3, -0.25) is 0 Å². The van der Waals surface area contributed by atoms with Gasteiger partial charge in [0.1, 0.15) is 20.9 Å². The molecule has 0 radical (unpaired) electrons. The zero-order valence-corrected chi connectivity index (χ0v) is 22.0. The molecule has 1 aromatic heterocycles. The minimum absolute atomic E-state index is 0.221. The summed E-state index contributed by atoms with van der Waals surface area (Å²) in [6.07, 6.45) is 0. The summed E-state index contributed by atoms with van der Waals surface area (Å²) < 4.78 is 26.2. The smallest absolute Gasteiger partial charge is 0.206 e. The van der Waals surface area contributed by atoms with E-state index in [1.165, 1.54) is 10.4 Å². The van der Waals surface area contributed by atoms with Crippen LogP contribution < -0.4 is 14.9 Å². The Morgan fingerprint density at radius 3 is 2.11 bits per heavy atom. The number of aryl methyl sites for hydroxylation is 1. The van der Waals surface area contributed by atoms with Crippen LogP contribution in [-0.2, 0) is 7.05 Å². The van der Waals surface area contributed by atoms with Crippen LogP contribution in [0.2, 0.25) is 13.1 Å². The van der Waals surface area contributed by atoms with Gasteiger partial charge >= 0.3 is 0 Å². The Kier molecular flexibility index (Phi) is 5.58. The summed E-state index contributed by atoms with van der Waals surface area (Å²) in [5.41, 5.74) is 5.21. The molecular formula is C32H31FNSi+. The Hall–Kier alpha value is -3.56. The summed E-state index contributed by atoms with van der Waals surface area (Å²) in [4.78, 5) is 0. The molecule has 0 unspecified atom stereocenters. The first kappa shape index (κ1) is 21.9. The molecule has 0 aliphatic carbocycles. The lowest BCUT2D eigenvalue weighted by Crippen LogP contribution is -2.52. The maximum Gasteiger partial charge on any atom is 0.220 e. The van der Waals surface area contributed by atoms with Crippen molar-refractivity contribution >= 4 is 29.2 Å². The number of rotatable bonds is 4. The second-order valence-electron chi connectivity index (χ2n) is 9.88. The number of hydrogen-bond donors (Lipinski definition) is 0. The molecule has 1 nitrogen and oxygen atoms in total. The molecule has 0 fully saturated rings. The summed E-state index contributed by atoms with van der Waals surface area (Å²) in [6, 6.07) is 31.1. The Morgan fingerprint density at radius 2 is 1.43 bits per heavy atom. The van der Waals surface area contributed by atoms with Gasteiger partial charge in [-0.05, 0) is 41.6 Å². The second-order valence-corrected chi connectivity index (χ2v) is 14.3. The quantitative estimate of drug-likeness (QED) is 0.203. The van der Waals surface area contributed by atoms with Crippen LogP contribution in [0.15, 0.2) is 97.0 Å². The van der Waals surface area contributed by atoms with Gasteiger partial charge < -0.3 is 0 Å². The molecule has 5 aromatic rings. The van der Waals surface area contributed by atoms with Gasteiger partial charge in [-0.25, -0.2) is 4.39 Å². The Bertz CT molecular complexity index is 1590. The molecule has 0 atom stereocenters. The highest BCUT2D eigenvalue weighted by Gasteiger charge is 2.28. The van der Waals surface area contributed by atoms with E-state index in [2.05, 4.69) is 66.2 Å². The van der Waals surface area contributed by atoms with Crippen molar-refractivity contribution in [1.29, 1.82) is 0 Å². The number of nitrogens with zero attached hydrogens (tertiary/aromatic N) is 1. The number of hydrogen-bond acceptors (Lipinski definition) is 0. The van der Waals surface area contributed by atoms with Crippen molar-refractivity contribution in [3.8, 4) is 22.4 Å². The summed E-state index contributed by atoms with van der Waals surface area (Å²) in [7, 11) is 0.0692. The van der Waals surface area contributed by atoms with Crippen molar-refractivity contribution in [2.75, 3.05) is 0 Å². The van der Waals surface area contributed by atoms with Crippen LogP contribution in [0.3, 0.4) is 0 Å². The van der Waals surface area contributed by atoms with Crippen LogP contribution in [0.4, 0.5) is 4.39 Å². The Balaban J connectivity index is 1.77. The van der Waals surface area contributed by atoms with E-state index in [4.69, 9.17) is 1.37 Å². The van der Waals surface area contributed by atoms with Gasteiger partial charge in [0, 0.05) is 18.5 Å². The largest absolute Gasteiger partial charge is 0.220 e.